The van der Waals surface area contributed by atoms with Crippen LogP contribution in [0.25, 0.3) is 0 Å². The second kappa shape index (κ2) is 6.30. The number of amides is 1. The van der Waals surface area contributed by atoms with Gasteiger partial charge in [0.05, 0.1) is 0 Å². The van der Waals surface area contributed by atoms with Gasteiger partial charge in [-0.2, -0.15) is 5.10 Å². The fraction of sp³-hybridized carbons (Fsp3) is 0.333. The predicted octanol–water partition coefficient (Wildman–Crippen LogP) is 1.47. The summed E-state index contributed by atoms with van der Waals surface area (Å²) < 4.78 is 12.7. The van der Waals surface area contributed by atoms with Crippen LogP contribution in [0.4, 0.5) is 0 Å². The van der Waals surface area contributed by atoms with Crippen molar-refractivity contribution in [3.05, 3.63) is 42.2 Å². The summed E-state index contributed by atoms with van der Waals surface area (Å²) in [6.07, 6.45) is 4.48. The molecule has 0 spiro atoms. The number of aryl methyl sites for hydroxylation is 1. The molecule has 1 aromatic carbocycles. The zero-order valence-electron chi connectivity index (χ0n) is 11.6. The second-order valence-corrected chi connectivity index (χ2v) is 4.74. The van der Waals surface area contributed by atoms with Crippen molar-refractivity contribution in [3.8, 4) is 11.5 Å². The molecule has 1 aliphatic rings. The van der Waals surface area contributed by atoms with Crippen molar-refractivity contribution in [2.24, 2.45) is 0 Å². The van der Waals surface area contributed by atoms with Gasteiger partial charge in [0, 0.05) is 31.0 Å². The molecule has 1 amide bonds. The molecule has 0 saturated heterocycles. The Kier molecular flexibility index (Phi) is 4.04. The number of carbonyl (C=O) groups is 1. The molecule has 0 bridgehead atoms. The standard InChI is InChI=1S/C15H17N3O3/c19-15(16-5-1-7-18-8-2-6-17-18)12-3-4-13-14(11-12)21-10-9-20-13/h2-4,6,8,11H,1,5,7,9-10H2,(H,16,19). The van der Waals surface area contributed by atoms with Crippen molar-refractivity contribution < 1.29 is 14.3 Å². The number of carbonyl (C=O) groups excluding carboxylic acids is 1. The fourth-order valence-electron chi connectivity index (χ4n) is 2.16. The minimum absolute atomic E-state index is 0.104. The van der Waals surface area contributed by atoms with Crippen LogP contribution in [0.3, 0.4) is 0 Å². The Morgan fingerprint density at radius 2 is 2.14 bits per heavy atom. The summed E-state index contributed by atoms with van der Waals surface area (Å²) in [5.74, 6) is 1.22. The Bertz CT molecular complexity index is 611. The van der Waals surface area contributed by atoms with E-state index in [0.29, 0.717) is 36.8 Å². The highest BCUT2D eigenvalue weighted by Gasteiger charge is 2.14. The van der Waals surface area contributed by atoms with Gasteiger partial charge in [0.15, 0.2) is 11.5 Å². The molecule has 3 rings (SSSR count). The number of nitrogens with zero attached hydrogens (tertiary/aromatic N) is 2. The first-order valence-electron chi connectivity index (χ1n) is 6.98. The van der Waals surface area contributed by atoms with Crippen LogP contribution in [-0.2, 0) is 6.54 Å². The molecule has 0 radical (unpaired) electrons. The van der Waals surface area contributed by atoms with Crippen molar-refractivity contribution in [1.82, 2.24) is 15.1 Å². The number of nitrogens with one attached hydrogen (secondary N) is 1. The quantitative estimate of drug-likeness (QED) is 0.846. The van der Waals surface area contributed by atoms with E-state index in [1.54, 1.807) is 24.4 Å². The maximum absolute atomic E-state index is 12.1. The van der Waals surface area contributed by atoms with Gasteiger partial charge in [0.1, 0.15) is 13.2 Å². The van der Waals surface area contributed by atoms with Gasteiger partial charge >= 0.3 is 0 Å². The molecule has 0 saturated carbocycles. The highest BCUT2D eigenvalue weighted by Crippen LogP contribution is 2.30. The molecule has 21 heavy (non-hydrogen) atoms. The van der Waals surface area contributed by atoms with E-state index in [4.69, 9.17) is 9.47 Å². The Hall–Kier alpha value is -2.50. The van der Waals surface area contributed by atoms with E-state index in [1.165, 1.54) is 0 Å². The van der Waals surface area contributed by atoms with Gasteiger partial charge in [-0.15, -0.1) is 0 Å². The van der Waals surface area contributed by atoms with E-state index >= 15 is 0 Å². The smallest absolute Gasteiger partial charge is 0.251 e. The maximum Gasteiger partial charge on any atom is 0.251 e. The summed E-state index contributed by atoms with van der Waals surface area (Å²) in [4.78, 5) is 12.1. The minimum atomic E-state index is -0.104. The van der Waals surface area contributed by atoms with Crippen LogP contribution in [-0.4, -0.2) is 35.4 Å². The third-order valence-corrected chi connectivity index (χ3v) is 3.21. The first-order valence-corrected chi connectivity index (χ1v) is 6.98. The van der Waals surface area contributed by atoms with E-state index in [1.807, 2.05) is 16.9 Å². The van der Waals surface area contributed by atoms with Gasteiger partial charge in [0.2, 0.25) is 0 Å². The molecule has 0 fully saturated rings. The first-order chi connectivity index (χ1) is 10.3. The van der Waals surface area contributed by atoms with Crippen molar-refractivity contribution >= 4 is 5.91 Å². The summed E-state index contributed by atoms with van der Waals surface area (Å²) in [6.45, 7) is 2.45. The largest absolute Gasteiger partial charge is 0.486 e. The topological polar surface area (TPSA) is 65.4 Å². The van der Waals surface area contributed by atoms with Crippen LogP contribution in [0.5, 0.6) is 11.5 Å². The summed E-state index contributed by atoms with van der Waals surface area (Å²) in [7, 11) is 0. The zero-order chi connectivity index (χ0) is 14.5. The van der Waals surface area contributed by atoms with Crippen molar-refractivity contribution in [1.29, 1.82) is 0 Å². The zero-order valence-corrected chi connectivity index (χ0v) is 11.6. The van der Waals surface area contributed by atoms with E-state index in [2.05, 4.69) is 10.4 Å². The lowest BCUT2D eigenvalue weighted by Gasteiger charge is -2.18. The normalized spacial score (nSPS) is 13.0. The number of fused-ring (bicyclic) bond motifs is 1. The van der Waals surface area contributed by atoms with Crippen molar-refractivity contribution in [3.63, 3.8) is 0 Å². The van der Waals surface area contributed by atoms with E-state index < -0.39 is 0 Å². The van der Waals surface area contributed by atoms with Gasteiger partial charge in [-0.3, -0.25) is 9.48 Å². The Morgan fingerprint density at radius 1 is 1.29 bits per heavy atom. The SMILES string of the molecule is O=C(NCCCn1cccn1)c1ccc2c(c1)OCCO2. The van der Waals surface area contributed by atoms with Crippen LogP contribution < -0.4 is 14.8 Å². The Balaban J connectivity index is 1.51. The average molecular weight is 287 g/mol. The third kappa shape index (κ3) is 3.34. The predicted molar refractivity (Wildman–Crippen MR) is 76.6 cm³/mol. The lowest BCUT2D eigenvalue weighted by Crippen LogP contribution is -2.25. The molecule has 6 nitrogen and oxygen atoms in total. The highest BCUT2D eigenvalue weighted by atomic mass is 16.6. The van der Waals surface area contributed by atoms with Crippen LogP contribution >= 0.6 is 0 Å². The van der Waals surface area contributed by atoms with Gasteiger partial charge in [-0.1, -0.05) is 0 Å². The average Bonchev–Trinajstić information content (AvgIpc) is 3.04. The molecule has 0 unspecified atom stereocenters. The van der Waals surface area contributed by atoms with E-state index in [-0.39, 0.29) is 5.91 Å². The van der Waals surface area contributed by atoms with Gasteiger partial charge in [0.25, 0.3) is 5.91 Å². The molecule has 6 heteroatoms. The first kappa shape index (κ1) is 13.5. The molecule has 110 valence electrons. The monoisotopic (exact) mass is 287 g/mol. The molecular weight excluding hydrogens is 270 g/mol. The summed E-state index contributed by atoms with van der Waals surface area (Å²) in [6, 6.07) is 7.12. The van der Waals surface area contributed by atoms with Crippen molar-refractivity contribution in [2.75, 3.05) is 19.8 Å². The van der Waals surface area contributed by atoms with Crippen LogP contribution in [0.1, 0.15) is 16.8 Å². The third-order valence-electron chi connectivity index (χ3n) is 3.21. The summed E-state index contributed by atoms with van der Waals surface area (Å²) >= 11 is 0. The lowest BCUT2D eigenvalue weighted by atomic mass is 10.2. The number of hydrogen-bond donors (Lipinski definition) is 1. The lowest BCUT2D eigenvalue weighted by molar-refractivity contribution is 0.0951. The number of aromatic nitrogens is 2. The van der Waals surface area contributed by atoms with Crippen LogP contribution in [0, 0.1) is 0 Å². The van der Waals surface area contributed by atoms with Gasteiger partial charge < -0.3 is 14.8 Å². The molecule has 0 atom stereocenters. The molecule has 2 heterocycles. The number of hydrogen-bond acceptors (Lipinski definition) is 4. The molecule has 0 aliphatic carbocycles. The fourth-order valence-corrected chi connectivity index (χ4v) is 2.16. The summed E-state index contributed by atoms with van der Waals surface area (Å²) in [5.41, 5.74) is 0.582. The van der Waals surface area contributed by atoms with Crippen molar-refractivity contribution in [2.45, 2.75) is 13.0 Å². The Morgan fingerprint density at radius 3 is 2.95 bits per heavy atom. The molecule has 1 N–H and O–H groups in total. The molecule has 2 aromatic rings. The number of ether oxygens (including phenoxy) is 2. The number of rotatable bonds is 5. The minimum Gasteiger partial charge on any atom is -0.486 e. The van der Waals surface area contributed by atoms with E-state index in [9.17, 15) is 4.79 Å². The summed E-state index contributed by atoms with van der Waals surface area (Å²) in [5, 5.41) is 7.00. The van der Waals surface area contributed by atoms with E-state index in [0.717, 1.165) is 13.0 Å². The number of benzene rings is 1. The van der Waals surface area contributed by atoms with Gasteiger partial charge in [-0.05, 0) is 30.7 Å². The molecule has 1 aromatic heterocycles. The molecular formula is C15H17N3O3. The molecule has 1 aliphatic heterocycles. The van der Waals surface area contributed by atoms with Crippen LogP contribution in [0.2, 0.25) is 0 Å². The Labute approximate surface area is 122 Å². The maximum atomic E-state index is 12.1. The van der Waals surface area contributed by atoms with Crippen LogP contribution in [0.15, 0.2) is 36.7 Å². The van der Waals surface area contributed by atoms with Gasteiger partial charge in [-0.25, -0.2) is 0 Å². The highest BCUT2D eigenvalue weighted by molar-refractivity contribution is 5.94. The second-order valence-electron chi connectivity index (χ2n) is 4.74.